The molecule has 0 radical (unpaired) electrons. The molecule has 1 aliphatic carbocycles. The second kappa shape index (κ2) is 13.0. The van der Waals surface area contributed by atoms with E-state index in [1.165, 1.54) is 11.0 Å². The third-order valence-electron chi connectivity index (χ3n) is 7.96. The van der Waals surface area contributed by atoms with E-state index in [9.17, 15) is 24.3 Å². The maximum Gasteiger partial charge on any atom is 0.408 e. The number of rotatable bonds is 10. The maximum atomic E-state index is 14.3. The quantitative estimate of drug-likeness (QED) is 0.307. The van der Waals surface area contributed by atoms with Crippen LogP contribution in [-0.2, 0) is 19.1 Å². The minimum Gasteiger partial charge on any atom is -0.488 e. The lowest BCUT2D eigenvalue weighted by molar-refractivity contribution is -0.146. The summed E-state index contributed by atoms with van der Waals surface area (Å²) in [5.74, 6) is -2.13. The zero-order chi connectivity index (χ0) is 34.2. The number of hydrogen-bond acceptors (Lipinski definition) is 8. The summed E-state index contributed by atoms with van der Waals surface area (Å²) in [5.41, 5.74) is -2.63. The van der Waals surface area contributed by atoms with Gasteiger partial charge in [0.2, 0.25) is 17.7 Å². The lowest BCUT2D eigenvalue weighted by Gasteiger charge is -2.35. The fraction of sp³-hybridized carbons (Fsp3) is 0.545. The number of carboxylic acids is 1. The van der Waals surface area contributed by atoms with Crippen LogP contribution in [0, 0.1) is 11.3 Å². The number of para-hydroxylation sites is 1. The number of likely N-dealkylation sites (tertiary alicyclic amines) is 1. The predicted molar refractivity (Wildman–Crippen MR) is 172 cm³/mol. The summed E-state index contributed by atoms with van der Waals surface area (Å²) in [6.07, 6.45) is 0.245. The van der Waals surface area contributed by atoms with Gasteiger partial charge in [-0.05, 0) is 51.7 Å². The topological polar surface area (TPSA) is 156 Å². The van der Waals surface area contributed by atoms with E-state index in [0.717, 1.165) is 0 Å². The summed E-state index contributed by atoms with van der Waals surface area (Å²) < 4.78 is 17.5. The molecular weight excluding hydrogens is 616 g/mol. The molecule has 1 saturated heterocycles. The number of halogens is 1. The number of aliphatic carboxylic acids is 1. The van der Waals surface area contributed by atoms with Crippen LogP contribution in [0.25, 0.3) is 10.9 Å². The Morgan fingerprint density at radius 1 is 1.22 bits per heavy atom. The molecule has 2 heterocycles. The Morgan fingerprint density at radius 2 is 1.91 bits per heavy atom. The molecule has 2 aliphatic rings. The van der Waals surface area contributed by atoms with Crippen molar-refractivity contribution in [3.8, 4) is 11.6 Å². The van der Waals surface area contributed by atoms with Gasteiger partial charge in [-0.1, -0.05) is 44.5 Å². The highest BCUT2D eigenvalue weighted by atomic mass is 35.5. The van der Waals surface area contributed by atoms with Gasteiger partial charge in [-0.2, -0.15) is 0 Å². The summed E-state index contributed by atoms with van der Waals surface area (Å²) in [5, 5.41) is 16.3. The number of fused-ring (bicyclic) bond motifs is 1. The van der Waals surface area contributed by atoms with Gasteiger partial charge in [0.1, 0.15) is 35.1 Å². The van der Waals surface area contributed by atoms with Crippen molar-refractivity contribution >= 4 is 46.4 Å². The fourth-order valence-corrected chi connectivity index (χ4v) is 5.81. The summed E-state index contributed by atoms with van der Waals surface area (Å²) in [6, 6.07) is 4.69. The lowest BCUT2D eigenvalue weighted by atomic mass is 9.85. The molecule has 1 aromatic carbocycles. The maximum absolute atomic E-state index is 14.3. The first kappa shape index (κ1) is 34.8. The Kier molecular flexibility index (Phi) is 9.82. The van der Waals surface area contributed by atoms with Crippen LogP contribution in [0.1, 0.15) is 61.3 Å². The van der Waals surface area contributed by atoms with E-state index in [0.29, 0.717) is 34.2 Å². The molecule has 1 aromatic heterocycles. The molecular formula is C33H43ClN4O8. The van der Waals surface area contributed by atoms with Crippen molar-refractivity contribution in [3.63, 3.8) is 0 Å². The molecule has 2 fully saturated rings. The van der Waals surface area contributed by atoms with E-state index in [4.69, 9.17) is 25.8 Å². The largest absolute Gasteiger partial charge is 0.488 e. The van der Waals surface area contributed by atoms with Gasteiger partial charge in [-0.25, -0.2) is 14.6 Å². The molecule has 0 unspecified atom stereocenters. The monoisotopic (exact) mass is 658 g/mol. The van der Waals surface area contributed by atoms with Gasteiger partial charge in [0, 0.05) is 23.8 Å². The van der Waals surface area contributed by atoms with Crippen LogP contribution in [-0.4, -0.2) is 81.3 Å². The minimum absolute atomic E-state index is 0.0290. The molecule has 2 aromatic rings. The molecule has 5 atom stereocenters. The Balaban J connectivity index is 1.69. The molecule has 12 nitrogen and oxygen atoms in total. The van der Waals surface area contributed by atoms with Crippen LogP contribution < -0.4 is 20.1 Å². The van der Waals surface area contributed by atoms with Crippen LogP contribution in [0.5, 0.6) is 11.6 Å². The van der Waals surface area contributed by atoms with Gasteiger partial charge in [0.25, 0.3) is 0 Å². The van der Waals surface area contributed by atoms with Crippen molar-refractivity contribution < 1.29 is 38.5 Å². The number of pyridine rings is 1. The van der Waals surface area contributed by atoms with Crippen molar-refractivity contribution in [1.82, 2.24) is 20.5 Å². The standard InChI is InChI=1S/C33H43ClN4O8/c1-9-18-16-33(18,29(41)42)37-27(39)22-14-19(45-23-15-24(44-10-2)35-25-20(23)12-11-13-21(25)34)17-38(22)28(40)26(31(3,4)5)36-30(43)46-32(6,7)8/h9,11-13,15,18-19,22,26H,1,10,14,16-17H2,2-8H3,(H,36,43)(H,37,39)(H,41,42)/t18-,19-,22+,26-,33-/m1/s1. The van der Waals surface area contributed by atoms with E-state index in [2.05, 4.69) is 22.2 Å². The molecule has 0 bridgehead atoms. The van der Waals surface area contributed by atoms with Crippen molar-refractivity contribution in [3.05, 3.63) is 41.9 Å². The summed E-state index contributed by atoms with van der Waals surface area (Å²) in [4.78, 5) is 58.9. The first-order valence-electron chi connectivity index (χ1n) is 15.3. The second-order valence-electron chi connectivity index (χ2n) is 13.8. The number of aromatic nitrogens is 1. The number of carbonyl (C=O) groups is 4. The molecule has 250 valence electrons. The first-order valence-corrected chi connectivity index (χ1v) is 15.6. The Hall–Kier alpha value is -4.06. The Labute approximate surface area is 273 Å². The van der Waals surface area contributed by atoms with E-state index < -0.39 is 64.5 Å². The van der Waals surface area contributed by atoms with Crippen molar-refractivity contribution in [2.45, 2.75) is 90.6 Å². The predicted octanol–water partition coefficient (Wildman–Crippen LogP) is 4.72. The van der Waals surface area contributed by atoms with Gasteiger partial charge < -0.3 is 34.9 Å². The van der Waals surface area contributed by atoms with E-state index in [1.54, 1.807) is 65.8 Å². The number of alkyl carbamates (subject to hydrolysis) is 1. The number of ether oxygens (including phenoxy) is 3. The van der Waals surface area contributed by atoms with Gasteiger partial charge in [-0.3, -0.25) is 9.59 Å². The van der Waals surface area contributed by atoms with Gasteiger partial charge in [0.15, 0.2) is 0 Å². The highest BCUT2D eigenvalue weighted by molar-refractivity contribution is 6.35. The number of amides is 3. The smallest absolute Gasteiger partial charge is 0.408 e. The molecule has 46 heavy (non-hydrogen) atoms. The SMILES string of the molecule is C=C[C@@H]1C[C@]1(NC(=O)[C@@H]1C[C@@H](Oc2cc(OCC)nc3c(Cl)cccc23)CN1C(=O)[C@@H](NC(=O)OC(C)(C)C)C(C)(C)C)C(=O)O. The molecule has 0 spiro atoms. The number of hydrogen-bond donors (Lipinski definition) is 3. The number of nitrogens with one attached hydrogen (secondary N) is 2. The van der Waals surface area contributed by atoms with Gasteiger partial charge >= 0.3 is 12.1 Å². The Bertz CT molecular complexity index is 1530. The first-order chi connectivity index (χ1) is 21.4. The minimum atomic E-state index is -1.50. The van der Waals surface area contributed by atoms with Crippen LogP contribution in [0.4, 0.5) is 4.79 Å². The van der Waals surface area contributed by atoms with E-state index in [1.807, 2.05) is 6.92 Å². The third-order valence-corrected chi connectivity index (χ3v) is 8.27. The average molecular weight is 659 g/mol. The highest BCUT2D eigenvalue weighted by Crippen LogP contribution is 2.45. The zero-order valence-corrected chi connectivity index (χ0v) is 28.1. The average Bonchev–Trinajstić information content (AvgIpc) is 3.50. The zero-order valence-electron chi connectivity index (χ0n) is 27.3. The molecule has 3 amide bonds. The number of carboxylic acid groups (broad SMARTS) is 1. The van der Waals surface area contributed by atoms with Crippen LogP contribution in [0.2, 0.25) is 5.02 Å². The number of nitrogens with zero attached hydrogens (tertiary/aromatic N) is 2. The molecule has 13 heteroatoms. The number of benzene rings is 1. The van der Waals surface area contributed by atoms with Crippen LogP contribution in [0.15, 0.2) is 36.9 Å². The van der Waals surface area contributed by atoms with Crippen LogP contribution >= 0.6 is 11.6 Å². The van der Waals surface area contributed by atoms with Crippen molar-refractivity contribution in [2.24, 2.45) is 11.3 Å². The molecule has 1 saturated carbocycles. The summed E-state index contributed by atoms with van der Waals surface area (Å²) in [7, 11) is 0. The summed E-state index contributed by atoms with van der Waals surface area (Å²) in [6.45, 7) is 16.3. The fourth-order valence-electron chi connectivity index (χ4n) is 5.59. The highest BCUT2D eigenvalue weighted by Gasteiger charge is 2.61. The van der Waals surface area contributed by atoms with E-state index >= 15 is 0 Å². The van der Waals surface area contributed by atoms with Gasteiger partial charge in [-0.15, -0.1) is 6.58 Å². The van der Waals surface area contributed by atoms with Crippen LogP contribution in [0.3, 0.4) is 0 Å². The Morgan fingerprint density at radius 3 is 2.48 bits per heavy atom. The van der Waals surface area contributed by atoms with Crippen molar-refractivity contribution in [1.29, 1.82) is 0 Å². The molecule has 3 N–H and O–H groups in total. The molecule has 1 aliphatic heterocycles. The van der Waals surface area contributed by atoms with E-state index in [-0.39, 0.29) is 19.4 Å². The lowest BCUT2D eigenvalue weighted by Crippen LogP contribution is -2.59. The number of carbonyl (C=O) groups excluding carboxylic acids is 3. The van der Waals surface area contributed by atoms with Gasteiger partial charge in [0.05, 0.1) is 23.7 Å². The summed E-state index contributed by atoms with van der Waals surface area (Å²) >= 11 is 6.44. The third kappa shape index (κ3) is 7.49. The molecule has 4 rings (SSSR count). The second-order valence-corrected chi connectivity index (χ2v) is 14.2. The van der Waals surface area contributed by atoms with Crippen molar-refractivity contribution in [2.75, 3.05) is 13.2 Å². The normalized spacial score (nSPS) is 23.3.